The van der Waals surface area contributed by atoms with Gasteiger partial charge < -0.3 is 16.0 Å². The third kappa shape index (κ3) is 7.22. The maximum absolute atomic E-state index is 13.0. The first kappa shape index (κ1) is 26.9. The number of hydrogen-bond acceptors (Lipinski definition) is 6. The normalized spacial score (nSPS) is 14.9. The van der Waals surface area contributed by atoms with E-state index in [4.69, 9.17) is 11.6 Å². The Labute approximate surface area is 220 Å². The molecule has 4 rings (SSSR count). The second-order valence-electron chi connectivity index (χ2n) is 8.95. The highest BCUT2D eigenvalue weighted by Crippen LogP contribution is 2.29. The molecule has 0 radical (unpaired) electrons. The van der Waals surface area contributed by atoms with E-state index in [1.54, 1.807) is 18.3 Å². The lowest BCUT2D eigenvalue weighted by molar-refractivity contribution is -0.212. The number of nitrogens with one attached hydrogen (secondary N) is 3. The Bertz CT molecular complexity index is 1260. The summed E-state index contributed by atoms with van der Waals surface area (Å²) in [5, 5.41) is 12.2. The van der Waals surface area contributed by atoms with E-state index < -0.39 is 24.2 Å². The second-order valence-corrected chi connectivity index (χ2v) is 10.6. The van der Waals surface area contributed by atoms with Crippen LogP contribution in [-0.4, -0.2) is 32.6 Å². The van der Waals surface area contributed by atoms with Crippen molar-refractivity contribution in [2.24, 2.45) is 5.92 Å². The van der Waals surface area contributed by atoms with Crippen molar-refractivity contribution in [3.63, 3.8) is 0 Å². The minimum atomic E-state index is -4.69. The van der Waals surface area contributed by atoms with Crippen molar-refractivity contribution in [3.8, 4) is 0 Å². The van der Waals surface area contributed by atoms with Crippen molar-refractivity contribution in [2.75, 3.05) is 10.6 Å². The molecule has 198 valence electrons. The molecule has 3 aromatic heterocycles. The fourth-order valence-electron chi connectivity index (χ4n) is 4.26. The van der Waals surface area contributed by atoms with Gasteiger partial charge in [0.25, 0.3) is 5.91 Å². The van der Waals surface area contributed by atoms with Crippen LogP contribution in [0.5, 0.6) is 0 Å². The van der Waals surface area contributed by atoms with Gasteiger partial charge in [0.2, 0.25) is 5.91 Å². The molecule has 1 atom stereocenters. The molecular weight excluding hydrogens is 529 g/mol. The van der Waals surface area contributed by atoms with Gasteiger partial charge in [-0.15, -0.1) is 24.5 Å². The molecule has 37 heavy (non-hydrogen) atoms. The van der Waals surface area contributed by atoms with E-state index in [0.29, 0.717) is 29.1 Å². The number of hydrogen-bond donors (Lipinski definition) is 3. The molecule has 3 aromatic rings. The summed E-state index contributed by atoms with van der Waals surface area (Å²) >= 11 is 7.29. The predicted octanol–water partition coefficient (Wildman–Crippen LogP) is 5.71. The van der Waals surface area contributed by atoms with Crippen LogP contribution in [0.4, 0.5) is 24.5 Å². The van der Waals surface area contributed by atoms with Gasteiger partial charge in [0.1, 0.15) is 6.04 Å². The Morgan fingerprint density at radius 1 is 1.24 bits per heavy atom. The Morgan fingerprint density at radius 3 is 2.70 bits per heavy atom. The minimum Gasteiger partial charge on any atom is -0.379 e. The van der Waals surface area contributed by atoms with E-state index in [1.807, 2.05) is 13.0 Å². The third-order valence-corrected chi connectivity index (χ3v) is 7.46. The summed E-state index contributed by atoms with van der Waals surface area (Å²) in [6.45, 7) is 2.31. The lowest BCUT2D eigenvalue weighted by Gasteiger charge is -2.21. The third-order valence-electron chi connectivity index (χ3n) is 6.17. The predicted molar refractivity (Wildman–Crippen MR) is 136 cm³/mol. The molecule has 3 N–H and O–H groups in total. The number of rotatable bonds is 9. The second kappa shape index (κ2) is 11.5. The zero-order chi connectivity index (χ0) is 26.6. The van der Waals surface area contributed by atoms with Crippen LogP contribution >= 0.6 is 22.9 Å². The fourth-order valence-corrected chi connectivity index (χ4v) is 5.27. The van der Waals surface area contributed by atoms with E-state index in [2.05, 4.69) is 26.0 Å². The topological polar surface area (TPSA) is 101 Å². The van der Waals surface area contributed by atoms with Gasteiger partial charge in [0.05, 0.1) is 39.4 Å². The molecule has 3 heterocycles. The van der Waals surface area contributed by atoms with Crippen molar-refractivity contribution in [1.82, 2.24) is 20.1 Å². The number of pyridine rings is 1. The summed E-state index contributed by atoms with van der Waals surface area (Å²) in [4.78, 5) is 31.5. The van der Waals surface area contributed by atoms with Gasteiger partial charge in [0, 0.05) is 17.6 Å². The van der Waals surface area contributed by atoms with Crippen LogP contribution in [0, 0.1) is 12.8 Å². The minimum absolute atomic E-state index is 0.0942. The molecule has 0 aromatic carbocycles. The Balaban J connectivity index is 1.41. The molecule has 8 nitrogen and oxygen atoms in total. The summed E-state index contributed by atoms with van der Waals surface area (Å²) in [5.41, 5.74) is 1.48. The standard InChI is InChI=1S/C24H26ClF3N6O2S/c1-14-19(9-16(25)10-29-14)30-12-18-6-7-21(37-18)23(36)33-20(8-15-4-2-3-5-15)22(35)32-17-11-31-34(13-17)24(26,27)28/h6-7,9-11,13,15,20,30H,2-5,8,12H2,1H3,(H,32,35)(H,33,36). The zero-order valence-electron chi connectivity index (χ0n) is 19.9. The highest BCUT2D eigenvalue weighted by molar-refractivity contribution is 7.14. The average molecular weight is 555 g/mol. The highest BCUT2D eigenvalue weighted by Gasteiger charge is 2.32. The van der Waals surface area contributed by atoms with Gasteiger partial charge in [0.15, 0.2) is 0 Å². The quantitative estimate of drug-likeness (QED) is 0.315. The summed E-state index contributed by atoms with van der Waals surface area (Å²) in [6.07, 6.45) is 2.90. The van der Waals surface area contributed by atoms with E-state index in [0.717, 1.165) is 48.1 Å². The molecule has 1 aliphatic rings. The van der Waals surface area contributed by atoms with Gasteiger partial charge in [-0.1, -0.05) is 37.3 Å². The molecular formula is C24H26ClF3N6O2S. The van der Waals surface area contributed by atoms with Crippen LogP contribution in [0.25, 0.3) is 0 Å². The first-order valence-electron chi connectivity index (χ1n) is 11.8. The van der Waals surface area contributed by atoms with Crippen molar-refractivity contribution < 1.29 is 22.8 Å². The molecule has 0 saturated heterocycles. The van der Waals surface area contributed by atoms with Crippen LogP contribution in [0.3, 0.4) is 0 Å². The number of anilines is 2. The largest absolute Gasteiger partial charge is 0.504 e. The molecule has 0 bridgehead atoms. The number of aryl methyl sites for hydroxylation is 1. The molecule has 1 saturated carbocycles. The molecule has 1 unspecified atom stereocenters. The molecule has 0 spiro atoms. The van der Waals surface area contributed by atoms with Crippen LogP contribution in [0.2, 0.25) is 5.02 Å². The van der Waals surface area contributed by atoms with E-state index >= 15 is 0 Å². The smallest absolute Gasteiger partial charge is 0.379 e. The van der Waals surface area contributed by atoms with Gasteiger partial charge in [-0.25, -0.2) is 0 Å². The van der Waals surface area contributed by atoms with E-state index in [-0.39, 0.29) is 16.3 Å². The summed E-state index contributed by atoms with van der Waals surface area (Å²) in [5.74, 6) is -0.739. The zero-order valence-corrected chi connectivity index (χ0v) is 21.5. The lowest BCUT2D eigenvalue weighted by atomic mass is 9.97. The maximum atomic E-state index is 13.0. The summed E-state index contributed by atoms with van der Waals surface area (Å²) < 4.78 is 38.3. The number of nitrogens with zero attached hydrogens (tertiary/aromatic N) is 3. The Morgan fingerprint density at radius 2 is 2.00 bits per heavy atom. The monoisotopic (exact) mass is 554 g/mol. The number of thiophene rings is 1. The molecule has 1 fully saturated rings. The molecule has 13 heteroatoms. The van der Waals surface area contributed by atoms with Crippen molar-refractivity contribution >= 4 is 46.1 Å². The average Bonchev–Trinajstić information content (AvgIpc) is 3.61. The summed E-state index contributed by atoms with van der Waals surface area (Å²) in [6, 6.07) is 4.37. The van der Waals surface area contributed by atoms with Crippen LogP contribution < -0.4 is 16.0 Å². The van der Waals surface area contributed by atoms with Crippen LogP contribution in [-0.2, 0) is 17.6 Å². The number of alkyl halides is 3. The number of carbonyl (C=O) groups is 2. The molecule has 0 aliphatic heterocycles. The first-order chi connectivity index (χ1) is 17.6. The number of amides is 2. The van der Waals surface area contributed by atoms with Crippen LogP contribution in [0.15, 0.2) is 36.8 Å². The molecule has 2 amide bonds. The van der Waals surface area contributed by atoms with Gasteiger partial charge in [-0.2, -0.15) is 9.78 Å². The number of halogens is 4. The van der Waals surface area contributed by atoms with Crippen molar-refractivity contribution in [1.29, 1.82) is 0 Å². The Kier molecular flexibility index (Phi) is 8.38. The van der Waals surface area contributed by atoms with Gasteiger partial charge in [-0.05, 0) is 37.5 Å². The SMILES string of the molecule is Cc1ncc(Cl)cc1NCc1ccc(C(=O)NC(CC2CCCC2)C(=O)Nc2cnn(C(F)(F)F)c2)s1. The van der Waals surface area contributed by atoms with Crippen molar-refractivity contribution in [2.45, 2.75) is 57.9 Å². The fraction of sp³-hybridized carbons (Fsp3) is 0.417. The van der Waals surface area contributed by atoms with E-state index in [1.165, 1.54) is 11.3 Å². The number of aromatic nitrogens is 3. The molecule has 1 aliphatic carbocycles. The highest BCUT2D eigenvalue weighted by atomic mass is 35.5. The van der Waals surface area contributed by atoms with E-state index in [9.17, 15) is 22.8 Å². The summed E-state index contributed by atoms with van der Waals surface area (Å²) in [7, 11) is 0. The number of carbonyl (C=O) groups excluding carboxylic acids is 2. The van der Waals surface area contributed by atoms with Gasteiger partial charge in [-0.3, -0.25) is 14.6 Å². The lowest BCUT2D eigenvalue weighted by Crippen LogP contribution is -2.44. The first-order valence-corrected chi connectivity index (χ1v) is 13.0. The van der Waals surface area contributed by atoms with Crippen LogP contribution in [0.1, 0.15) is 52.3 Å². The van der Waals surface area contributed by atoms with Crippen molar-refractivity contribution in [3.05, 3.63) is 57.3 Å². The maximum Gasteiger partial charge on any atom is 0.504 e. The van der Waals surface area contributed by atoms with Gasteiger partial charge >= 0.3 is 6.30 Å². The Hall–Kier alpha value is -3.12.